The van der Waals surface area contributed by atoms with Crippen LogP contribution in [0, 0.1) is 5.92 Å². The van der Waals surface area contributed by atoms with Crippen molar-refractivity contribution in [1.29, 1.82) is 0 Å². The van der Waals surface area contributed by atoms with E-state index in [1.54, 1.807) is 19.1 Å². The molecule has 0 saturated carbocycles. The molecule has 2 atom stereocenters. The van der Waals surface area contributed by atoms with Crippen LogP contribution in [0.3, 0.4) is 0 Å². The Labute approximate surface area is 140 Å². The zero-order valence-electron chi connectivity index (χ0n) is 13.9. The van der Waals surface area contributed by atoms with Crippen molar-refractivity contribution in [1.82, 2.24) is 14.8 Å². The molecular formula is C17H23N3O4. The Hall–Kier alpha value is -2.15. The van der Waals surface area contributed by atoms with Crippen LogP contribution in [0.4, 0.5) is 0 Å². The van der Waals surface area contributed by atoms with E-state index in [9.17, 15) is 14.4 Å². The van der Waals surface area contributed by atoms with Crippen molar-refractivity contribution in [3.05, 3.63) is 34.2 Å². The van der Waals surface area contributed by atoms with Gasteiger partial charge in [0.1, 0.15) is 6.54 Å². The van der Waals surface area contributed by atoms with Crippen molar-refractivity contribution in [3.63, 3.8) is 0 Å². The third-order valence-electron chi connectivity index (χ3n) is 4.66. The number of pyridine rings is 1. The van der Waals surface area contributed by atoms with E-state index in [0.717, 1.165) is 25.2 Å². The van der Waals surface area contributed by atoms with Crippen LogP contribution in [0.15, 0.2) is 23.0 Å². The Morgan fingerprint density at radius 1 is 1.29 bits per heavy atom. The molecule has 2 aliphatic rings. The van der Waals surface area contributed by atoms with Crippen LogP contribution < -0.4 is 10.9 Å². The second-order valence-electron chi connectivity index (χ2n) is 6.47. The first-order valence-electron chi connectivity index (χ1n) is 8.41. The van der Waals surface area contributed by atoms with E-state index in [1.807, 2.05) is 10.6 Å². The quantitative estimate of drug-likeness (QED) is 0.764. The number of ether oxygens (including phenoxy) is 1. The summed E-state index contributed by atoms with van der Waals surface area (Å²) in [5.74, 6) is 0.0709. The maximum absolute atomic E-state index is 12.0. The summed E-state index contributed by atoms with van der Waals surface area (Å²) in [5, 5.41) is 2.60. The summed E-state index contributed by atoms with van der Waals surface area (Å²) in [7, 11) is 0. The van der Waals surface area contributed by atoms with Gasteiger partial charge in [-0.05, 0) is 25.3 Å². The van der Waals surface area contributed by atoms with Gasteiger partial charge in [0.05, 0.1) is 13.2 Å². The van der Waals surface area contributed by atoms with Gasteiger partial charge in [-0.3, -0.25) is 19.3 Å². The Morgan fingerprint density at radius 3 is 2.92 bits per heavy atom. The number of piperidine rings is 1. The first kappa shape index (κ1) is 16.7. The van der Waals surface area contributed by atoms with Crippen molar-refractivity contribution >= 4 is 11.9 Å². The van der Waals surface area contributed by atoms with Crippen LogP contribution in [0.1, 0.15) is 25.0 Å². The molecule has 1 aromatic rings. The molecule has 0 unspecified atom stereocenters. The average Bonchev–Trinajstić information content (AvgIpc) is 2.54. The minimum absolute atomic E-state index is 0.0582. The molecule has 7 heteroatoms. The van der Waals surface area contributed by atoms with Crippen LogP contribution >= 0.6 is 0 Å². The molecule has 130 valence electrons. The van der Waals surface area contributed by atoms with Crippen molar-refractivity contribution in [2.75, 3.05) is 32.8 Å². The molecule has 1 N–H and O–H groups in total. The van der Waals surface area contributed by atoms with Gasteiger partial charge in [0, 0.05) is 37.3 Å². The van der Waals surface area contributed by atoms with Gasteiger partial charge in [0.15, 0.2) is 0 Å². The van der Waals surface area contributed by atoms with E-state index in [1.165, 1.54) is 0 Å². The zero-order chi connectivity index (χ0) is 17.1. The molecule has 3 heterocycles. The maximum atomic E-state index is 12.0. The van der Waals surface area contributed by atoms with E-state index < -0.39 is 5.97 Å². The van der Waals surface area contributed by atoms with Crippen LogP contribution in [0.5, 0.6) is 0 Å². The third-order valence-corrected chi connectivity index (χ3v) is 4.66. The highest BCUT2D eigenvalue weighted by molar-refractivity contribution is 5.83. The largest absolute Gasteiger partial charge is 0.465 e. The number of fused-ring (bicyclic) bond motifs is 4. The monoisotopic (exact) mass is 333 g/mol. The highest BCUT2D eigenvalue weighted by Crippen LogP contribution is 2.34. The Bertz CT molecular complexity index is 685. The van der Waals surface area contributed by atoms with Crippen molar-refractivity contribution < 1.29 is 14.3 Å². The second kappa shape index (κ2) is 7.17. The number of hydrogen-bond acceptors (Lipinski definition) is 5. The number of likely N-dealkylation sites (tertiary alicyclic amines) is 1. The highest BCUT2D eigenvalue weighted by atomic mass is 16.5. The summed E-state index contributed by atoms with van der Waals surface area (Å²) >= 11 is 0. The predicted octanol–water partition coefficient (Wildman–Crippen LogP) is -0.0533. The number of nitrogens with zero attached hydrogens (tertiary/aromatic N) is 2. The Balaban J connectivity index is 1.58. The molecule has 0 aliphatic carbocycles. The van der Waals surface area contributed by atoms with Gasteiger partial charge < -0.3 is 14.6 Å². The van der Waals surface area contributed by atoms with Crippen molar-refractivity contribution in [2.24, 2.45) is 5.92 Å². The first-order valence-corrected chi connectivity index (χ1v) is 8.41. The van der Waals surface area contributed by atoms with Crippen LogP contribution in [0.25, 0.3) is 0 Å². The van der Waals surface area contributed by atoms with Gasteiger partial charge in [-0.1, -0.05) is 6.07 Å². The zero-order valence-corrected chi connectivity index (χ0v) is 13.9. The molecule has 0 spiro atoms. The normalized spacial score (nSPS) is 22.5. The third kappa shape index (κ3) is 3.67. The van der Waals surface area contributed by atoms with Gasteiger partial charge in [0.25, 0.3) is 5.56 Å². The lowest BCUT2D eigenvalue weighted by atomic mass is 9.83. The molecule has 0 radical (unpaired) electrons. The molecule has 24 heavy (non-hydrogen) atoms. The second-order valence-corrected chi connectivity index (χ2v) is 6.47. The fraction of sp³-hybridized carbons (Fsp3) is 0.588. The number of esters is 1. The molecule has 2 aliphatic heterocycles. The number of nitrogens with one attached hydrogen (secondary N) is 1. The minimum atomic E-state index is -0.422. The van der Waals surface area contributed by atoms with Gasteiger partial charge in [-0.2, -0.15) is 0 Å². The topological polar surface area (TPSA) is 80.6 Å². The van der Waals surface area contributed by atoms with Crippen LogP contribution in [-0.4, -0.2) is 54.1 Å². The summed E-state index contributed by atoms with van der Waals surface area (Å²) in [6.45, 7) is 4.48. The summed E-state index contributed by atoms with van der Waals surface area (Å²) in [6.07, 6.45) is 1.06. The van der Waals surface area contributed by atoms with Crippen molar-refractivity contribution in [3.8, 4) is 0 Å². The molecule has 0 aromatic carbocycles. The smallest absolute Gasteiger partial charge is 0.325 e. The molecule has 2 bridgehead atoms. The number of rotatable bonds is 5. The SMILES string of the molecule is CCOC(=O)CNC(=O)CN1C[C@H]2C[C@@H](C1)c1cccc(=O)n1C2. The van der Waals surface area contributed by atoms with E-state index in [2.05, 4.69) is 10.2 Å². The fourth-order valence-corrected chi connectivity index (χ4v) is 3.77. The standard InChI is InChI=1S/C17H23N3O4/c1-2-24-17(23)7-18-15(21)11-19-8-12-6-13(10-19)14-4-3-5-16(22)20(14)9-12/h3-5,12-13H,2,6-11H2,1H3,(H,18,21)/t12-,13+/m1/s1. The number of aromatic nitrogens is 1. The van der Waals surface area contributed by atoms with E-state index in [0.29, 0.717) is 19.1 Å². The molecule has 7 nitrogen and oxygen atoms in total. The summed E-state index contributed by atoms with van der Waals surface area (Å²) < 4.78 is 6.67. The van der Waals surface area contributed by atoms with Gasteiger partial charge in [0.2, 0.25) is 5.91 Å². The van der Waals surface area contributed by atoms with E-state index in [-0.39, 0.29) is 30.5 Å². The number of hydrogen-bond donors (Lipinski definition) is 1. The Morgan fingerprint density at radius 2 is 2.12 bits per heavy atom. The number of carbonyl (C=O) groups is 2. The maximum Gasteiger partial charge on any atom is 0.325 e. The predicted molar refractivity (Wildman–Crippen MR) is 87.6 cm³/mol. The molecule has 3 rings (SSSR count). The van der Waals surface area contributed by atoms with Crippen LogP contribution in [0.2, 0.25) is 0 Å². The Kier molecular flexibility index (Phi) is 4.99. The average molecular weight is 333 g/mol. The van der Waals surface area contributed by atoms with Gasteiger partial charge in [-0.25, -0.2) is 0 Å². The molecular weight excluding hydrogens is 310 g/mol. The van der Waals surface area contributed by atoms with Crippen molar-refractivity contribution in [2.45, 2.75) is 25.8 Å². The molecule has 1 amide bonds. The molecule has 1 saturated heterocycles. The lowest BCUT2D eigenvalue weighted by Crippen LogP contribution is -2.50. The minimum Gasteiger partial charge on any atom is -0.465 e. The summed E-state index contributed by atoms with van der Waals surface area (Å²) in [5.41, 5.74) is 1.12. The number of carbonyl (C=O) groups excluding carboxylic acids is 2. The van der Waals surface area contributed by atoms with E-state index in [4.69, 9.17) is 4.74 Å². The van der Waals surface area contributed by atoms with Crippen LogP contribution in [-0.2, 0) is 20.9 Å². The summed E-state index contributed by atoms with van der Waals surface area (Å²) in [4.78, 5) is 37.4. The van der Waals surface area contributed by atoms with Gasteiger partial charge >= 0.3 is 5.97 Å². The highest BCUT2D eigenvalue weighted by Gasteiger charge is 2.34. The lowest BCUT2D eigenvalue weighted by Gasteiger charge is -2.42. The fourth-order valence-electron chi connectivity index (χ4n) is 3.77. The van der Waals surface area contributed by atoms with Gasteiger partial charge in [-0.15, -0.1) is 0 Å². The van der Waals surface area contributed by atoms with E-state index >= 15 is 0 Å². The molecule has 1 aromatic heterocycles. The summed E-state index contributed by atoms with van der Waals surface area (Å²) in [6, 6.07) is 5.41. The first-order chi connectivity index (χ1) is 11.6. The lowest BCUT2D eigenvalue weighted by molar-refractivity contribution is -0.143. The molecule has 1 fully saturated rings. The number of amides is 1.